The van der Waals surface area contributed by atoms with E-state index in [0.717, 1.165) is 30.8 Å². The molecule has 0 bridgehead atoms. The number of nitrogens with one attached hydrogen (secondary N) is 2. The molecule has 1 saturated heterocycles. The molecule has 1 aliphatic rings. The molecule has 0 radical (unpaired) electrons. The molecule has 1 fully saturated rings. The van der Waals surface area contributed by atoms with Crippen molar-refractivity contribution in [2.45, 2.75) is 51.7 Å². The number of hydrogen-bond acceptors (Lipinski definition) is 7. The van der Waals surface area contributed by atoms with Gasteiger partial charge in [-0.1, -0.05) is 42.4 Å². The van der Waals surface area contributed by atoms with Crippen LogP contribution in [-0.2, 0) is 16.1 Å². The molecule has 168 valence electrons. The van der Waals surface area contributed by atoms with E-state index in [0.29, 0.717) is 23.3 Å². The highest BCUT2D eigenvalue weighted by atomic mass is 32.1. The van der Waals surface area contributed by atoms with Crippen LogP contribution in [0.5, 0.6) is 0 Å². The van der Waals surface area contributed by atoms with Gasteiger partial charge in [0.05, 0.1) is 0 Å². The Morgan fingerprint density at radius 2 is 1.87 bits per heavy atom. The molecule has 2 amide bonds. The summed E-state index contributed by atoms with van der Waals surface area (Å²) >= 11 is 1.15. The highest BCUT2D eigenvalue weighted by molar-refractivity contribution is 7.13. The summed E-state index contributed by atoms with van der Waals surface area (Å²) in [5.41, 5.74) is 0.697. The molecule has 2 aromatic rings. The zero-order chi connectivity index (χ0) is 21.9. The van der Waals surface area contributed by atoms with Gasteiger partial charge in [-0.15, -0.1) is 10.2 Å². The van der Waals surface area contributed by atoms with E-state index in [2.05, 4.69) is 32.7 Å². The van der Waals surface area contributed by atoms with Crippen LogP contribution in [0.25, 0.3) is 0 Å². The third-order valence-corrected chi connectivity index (χ3v) is 6.20. The molecule has 3 rings (SSSR count). The molecule has 2 N–H and O–H groups in total. The van der Waals surface area contributed by atoms with Gasteiger partial charge in [0.15, 0.2) is 0 Å². The van der Waals surface area contributed by atoms with E-state index >= 15 is 0 Å². The Morgan fingerprint density at radius 1 is 1.13 bits per heavy atom. The topological polar surface area (TPSA) is 96.5 Å². The van der Waals surface area contributed by atoms with Crippen LogP contribution in [0.3, 0.4) is 0 Å². The number of anilines is 1. The second kappa shape index (κ2) is 12.5. The highest BCUT2D eigenvalue weighted by Gasteiger charge is 2.16. The SMILES string of the molecule is C[C@H](CCNC(=O)COCc1nnc(C(=O)Nc2ccccc2)s1)N1CCCCCC1. The fourth-order valence-electron chi connectivity index (χ4n) is 3.53. The molecule has 0 saturated carbocycles. The van der Waals surface area contributed by atoms with Crippen molar-refractivity contribution in [1.82, 2.24) is 20.4 Å². The van der Waals surface area contributed by atoms with Crippen molar-refractivity contribution < 1.29 is 14.3 Å². The summed E-state index contributed by atoms with van der Waals surface area (Å²) in [6.07, 6.45) is 6.12. The second-order valence-corrected chi connectivity index (χ2v) is 8.81. The monoisotopic (exact) mass is 445 g/mol. The molecule has 1 atom stereocenters. The Hall–Kier alpha value is -2.36. The van der Waals surface area contributed by atoms with Gasteiger partial charge < -0.3 is 20.3 Å². The lowest BCUT2D eigenvalue weighted by Gasteiger charge is -2.27. The first-order valence-electron chi connectivity index (χ1n) is 10.9. The molecule has 0 spiro atoms. The van der Waals surface area contributed by atoms with E-state index in [4.69, 9.17) is 4.74 Å². The number of aromatic nitrogens is 2. The predicted molar refractivity (Wildman–Crippen MR) is 121 cm³/mol. The van der Waals surface area contributed by atoms with Crippen molar-refractivity contribution in [2.24, 2.45) is 0 Å². The minimum absolute atomic E-state index is 0.0385. The summed E-state index contributed by atoms with van der Waals surface area (Å²) < 4.78 is 5.44. The normalized spacial score (nSPS) is 15.8. The summed E-state index contributed by atoms with van der Waals surface area (Å²) in [5.74, 6) is -0.458. The molecule has 9 heteroatoms. The van der Waals surface area contributed by atoms with Gasteiger partial charge >= 0.3 is 0 Å². The number of carbonyl (C=O) groups excluding carboxylic acids is 2. The Bertz CT molecular complexity index is 822. The lowest BCUT2D eigenvalue weighted by molar-refractivity contribution is -0.126. The molecular formula is C22H31N5O3S. The Kier molecular flexibility index (Phi) is 9.39. The number of para-hydroxylation sites is 1. The summed E-state index contributed by atoms with van der Waals surface area (Å²) in [5, 5.41) is 14.4. The van der Waals surface area contributed by atoms with Crippen LogP contribution in [0.4, 0.5) is 5.69 Å². The van der Waals surface area contributed by atoms with E-state index < -0.39 is 0 Å². The Morgan fingerprint density at radius 3 is 2.61 bits per heavy atom. The van der Waals surface area contributed by atoms with Gasteiger partial charge in [0.1, 0.15) is 18.2 Å². The first-order valence-corrected chi connectivity index (χ1v) is 11.7. The van der Waals surface area contributed by atoms with Gasteiger partial charge in [-0.3, -0.25) is 9.59 Å². The Balaban J connectivity index is 1.31. The van der Waals surface area contributed by atoms with E-state index in [9.17, 15) is 9.59 Å². The first kappa shape index (κ1) is 23.3. The number of amides is 2. The minimum Gasteiger partial charge on any atom is -0.364 e. The van der Waals surface area contributed by atoms with Crippen LogP contribution >= 0.6 is 11.3 Å². The lowest BCUT2D eigenvalue weighted by atomic mass is 10.2. The summed E-state index contributed by atoms with van der Waals surface area (Å²) in [4.78, 5) is 26.7. The van der Waals surface area contributed by atoms with Crippen LogP contribution < -0.4 is 10.6 Å². The van der Waals surface area contributed by atoms with E-state index in [1.807, 2.05) is 18.2 Å². The van der Waals surface area contributed by atoms with E-state index in [1.54, 1.807) is 12.1 Å². The fourth-order valence-corrected chi connectivity index (χ4v) is 4.20. The minimum atomic E-state index is -0.314. The molecule has 0 aliphatic carbocycles. The van der Waals surface area contributed by atoms with E-state index in [-0.39, 0.29) is 30.0 Å². The summed E-state index contributed by atoms with van der Waals surface area (Å²) in [7, 11) is 0. The van der Waals surface area contributed by atoms with Crippen molar-refractivity contribution in [3.63, 3.8) is 0 Å². The van der Waals surface area contributed by atoms with Gasteiger partial charge in [0.25, 0.3) is 5.91 Å². The zero-order valence-corrected chi connectivity index (χ0v) is 18.8. The van der Waals surface area contributed by atoms with Crippen molar-refractivity contribution in [3.8, 4) is 0 Å². The van der Waals surface area contributed by atoms with Crippen LogP contribution in [0.1, 0.15) is 53.8 Å². The van der Waals surface area contributed by atoms with Crippen molar-refractivity contribution in [3.05, 3.63) is 40.3 Å². The molecule has 1 aromatic heterocycles. The van der Waals surface area contributed by atoms with Crippen molar-refractivity contribution in [1.29, 1.82) is 0 Å². The molecule has 0 unspecified atom stereocenters. The van der Waals surface area contributed by atoms with Gasteiger partial charge in [0, 0.05) is 18.3 Å². The maximum Gasteiger partial charge on any atom is 0.286 e. The average Bonchev–Trinajstić information content (AvgIpc) is 3.07. The Labute approximate surface area is 187 Å². The van der Waals surface area contributed by atoms with Crippen LogP contribution in [0.15, 0.2) is 30.3 Å². The molecule has 2 heterocycles. The number of rotatable bonds is 10. The first-order chi connectivity index (χ1) is 15.1. The number of benzene rings is 1. The molecule has 8 nitrogen and oxygen atoms in total. The molecular weight excluding hydrogens is 414 g/mol. The molecule has 1 aliphatic heterocycles. The van der Waals surface area contributed by atoms with Gasteiger partial charge in [-0.25, -0.2) is 0 Å². The fraction of sp³-hybridized carbons (Fsp3) is 0.545. The number of ether oxygens (including phenoxy) is 1. The third-order valence-electron chi connectivity index (χ3n) is 5.30. The molecule has 31 heavy (non-hydrogen) atoms. The second-order valence-electron chi connectivity index (χ2n) is 7.75. The largest absolute Gasteiger partial charge is 0.364 e. The molecule has 1 aromatic carbocycles. The van der Waals surface area contributed by atoms with Crippen LogP contribution in [0.2, 0.25) is 0 Å². The number of nitrogens with zero attached hydrogens (tertiary/aromatic N) is 3. The maximum absolute atomic E-state index is 12.2. The smallest absolute Gasteiger partial charge is 0.286 e. The van der Waals surface area contributed by atoms with Crippen LogP contribution in [-0.4, -0.2) is 59.2 Å². The number of likely N-dealkylation sites (tertiary alicyclic amines) is 1. The zero-order valence-electron chi connectivity index (χ0n) is 18.0. The maximum atomic E-state index is 12.2. The third kappa shape index (κ3) is 8.01. The quantitative estimate of drug-likeness (QED) is 0.583. The average molecular weight is 446 g/mol. The van der Waals surface area contributed by atoms with Gasteiger partial charge in [-0.2, -0.15) is 0 Å². The lowest BCUT2D eigenvalue weighted by Crippen LogP contribution is -2.37. The number of hydrogen-bond donors (Lipinski definition) is 2. The van der Waals surface area contributed by atoms with E-state index in [1.165, 1.54) is 25.7 Å². The van der Waals surface area contributed by atoms with Gasteiger partial charge in [0.2, 0.25) is 10.9 Å². The summed E-state index contributed by atoms with van der Waals surface area (Å²) in [6, 6.07) is 9.64. The van der Waals surface area contributed by atoms with Gasteiger partial charge in [-0.05, 0) is 51.4 Å². The standard InChI is InChI=1S/C22H31N5O3S/c1-17(27-13-7-2-3-8-14-27)11-12-23-19(28)15-30-16-20-25-26-22(31-20)21(29)24-18-9-5-4-6-10-18/h4-6,9-10,17H,2-3,7-8,11-16H2,1H3,(H,23,28)(H,24,29)/t17-/m1/s1. The van der Waals surface area contributed by atoms with Crippen LogP contribution in [0, 0.1) is 0 Å². The highest BCUT2D eigenvalue weighted by Crippen LogP contribution is 2.15. The predicted octanol–water partition coefficient (Wildman–Crippen LogP) is 3.08. The van der Waals surface area contributed by atoms with Crippen molar-refractivity contribution in [2.75, 3.05) is 31.6 Å². The number of carbonyl (C=O) groups is 2. The van der Waals surface area contributed by atoms with Crippen molar-refractivity contribution >= 4 is 28.8 Å². The summed E-state index contributed by atoms with van der Waals surface area (Å²) in [6.45, 7) is 5.30.